The van der Waals surface area contributed by atoms with Crippen LogP contribution in [0.15, 0.2) is 34.8 Å². The van der Waals surface area contributed by atoms with E-state index in [0.717, 1.165) is 37.9 Å². The van der Waals surface area contributed by atoms with E-state index in [9.17, 15) is 8.42 Å². The van der Waals surface area contributed by atoms with E-state index in [4.69, 9.17) is 11.6 Å². The van der Waals surface area contributed by atoms with Crippen LogP contribution < -0.4 is 4.72 Å². The first-order valence-electron chi connectivity index (χ1n) is 9.53. The molecule has 5 nitrogen and oxygen atoms in total. The number of hydrogen-bond donors (Lipinski definition) is 1. The molecule has 0 spiro atoms. The van der Waals surface area contributed by atoms with Crippen molar-refractivity contribution in [2.24, 2.45) is 16.8 Å². The van der Waals surface area contributed by atoms with Gasteiger partial charge in [-0.05, 0) is 55.8 Å². The topological polar surface area (TPSA) is 61.8 Å². The number of sulfonamides is 1. The molecule has 0 aromatic heterocycles. The minimum atomic E-state index is -3.60. The van der Waals surface area contributed by atoms with Gasteiger partial charge in [0.2, 0.25) is 0 Å². The van der Waals surface area contributed by atoms with Gasteiger partial charge in [-0.1, -0.05) is 37.6 Å². The predicted octanol–water partition coefficient (Wildman–Crippen LogP) is 3.77. The number of nitrogens with one attached hydrogen (secondary N) is 1. The molecule has 0 radical (unpaired) electrons. The van der Waals surface area contributed by atoms with Gasteiger partial charge in [0.25, 0.3) is 10.0 Å². The average molecular weight is 410 g/mol. The number of likely N-dealkylation sites (tertiary alicyclic amines) is 1. The highest BCUT2D eigenvalue weighted by Gasteiger charge is 2.32. The lowest BCUT2D eigenvalue weighted by Gasteiger charge is -2.34. The average Bonchev–Trinajstić information content (AvgIpc) is 2.79. The maximum atomic E-state index is 12.5. The second kappa shape index (κ2) is 8.33. The fourth-order valence-corrected chi connectivity index (χ4v) is 5.88. The largest absolute Gasteiger partial charge is 0.303 e. The van der Waals surface area contributed by atoms with Crippen molar-refractivity contribution in [3.05, 3.63) is 40.4 Å². The summed E-state index contributed by atoms with van der Waals surface area (Å²) in [7, 11) is -3.60. The van der Waals surface area contributed by atoms with Crippen LogP contribution in [0.25, 0.3) is 4.91 Å². The fraction of sp³-hybridized carbons (Fsp3) is 0.550. The summed E-state index contributed by atoms with van der Waals surface area (Å²) in [6.07, 6.45) is 2.22. The number of amidine groups is 1. The molecule has 0 aliphatic carbocycles. The predicted molar refractivity (Wildman–Crippen MR) is 112 cm³/mol. The Hall–Kier alpha value is -1.37. The van der Waals surface area contributed by atoms with Crippen molar-refractivity contribution in [2.75, 3.05) is 26.2 Å². The first kappa shape index (κ1) is 20.4. The summed E-state index contributed by atoms with van der Waals surface area (Å²) < 4.78 is 27.7. The van der Waals surface area contributed by atoms with Crippen molar-refractivity contribution in [1.29, 1.82) is 0 Å². The highest BCUT2D eigenvalue weighted by atomic mass is 35.5. The van der Waals surface area contributed by atoms with Crippen LogP contribution in [0.3, 0.4) is 0 Å². The molecule has 1 aromatic carbocycles. The maximum Gasteiger partial charge on any atom is 0.264 e. The molecule has 1 N–H and O–H groups in total. The standard InChI is InChI=1S/C20H28ClN3O2S/c1-14-10-15(2)13-24(12-14)9-5-8-22-20-16(3)19(27(25,26)23-20)17-6-4-7-18(21)11-17/h4,6-7,11,14-15H,5,8-10,12-13H2,1-3H3,(H,22,23). The SMILES string of the molecule is CC1=C(c2cccc(Cl)c2)S(=O)(=O)NC1=NCCCN1CC(C)CC(C)C1. The van der Waals surface area contributed by atoms with Gasteiger partial charge in [0.15, 0.2) is 0 Å². The van der Waals surface area contributed by atoms with Crippen molar-refractivity contribution < 1.29 is 8.42 Å². The van der Waals surface area contributed by atoms with E-state index in [0.29, 0.717) is 28.5 Å². The van der Waals surface area contributed by atoms with Crippen molar-refractivity contribution in [1.82, 2.24) is 9.62 Å². The minimum absolute atomic E-state index is 0.266. The fourth-order valence-electron chi connectivity index (χ4n) is 4.18. The molecule has 7 heteroatoms. The van der Waals surface area contributed by atoms with Gasteiger partial charge in [-0.2, -0.15) is 0 Å². The maximum absolute atomic E-state index is 12.5. The first-order chi connectivity index (χ1) is 12.8. The molecular weight excluding hydrogens is 382 g/mol. The number of benzene rings is 1. The summed E-state index contributed by atoms with van der Waals surface area (Å²) in [6, 6.07) is 6.91. The molecule has 0 bridgehead atoms. The summed E-state index contributed by atoms with van der Waals surface area (Å²) in [5, 5.41) is 0.512. The molecule has 1 aromatic rings. The van der Waals surface area contributed by atoms with Gasteiger partial charge in [-0.15, -0.1) is 0 Å². The van der Waals surface area contributed by atoms with Crippen molar-refractivity contribution >= 4 is 32.4 Å². The zero-order valence-electron chi connectivity index (χ0n) is 16.2. The third-order valence-corrected chi connectivity index (χ3v) is 6.91. The number of hydrogen-bond acceptors (Lipinski definition) is 4. The Morgan fingerprint density at radius 3 is 2.63 bits per heavy atom. The van der Waals surface area contributed by atoms with Crippen LogP contribution in [0.5, 0.6) is 0 Å². The second-order valence-corrected chi connectivity index (χ2v) is 9.92. The lowest BCUT2D eigenvalue weighted by Crippen LogP contribution is -2.39. The number of rotatable bonds is 5. The lowest BCUT2D eigenvalue weighted by molar-refractivity contribution is 0.140. The van der Waals surface area contributed by atoms with Crippen LogP contribution >= 0.6 is 11.6 Å². The van der Waals surface area contributed by atoms with Crippen LogP contribution in [0, 0.1) is 11.8 Å². The molecule has 2 atom stereocenters. The van der Waals surface area contributed by atoms with E-state index < -0.39 is 10.0 Å². The van der Waals surface area contributed by atoms with Crippen molar-refractivity contribution in [3.63, 3.8) is 0 Å². The molecule has 0 saturated carbocycles. The van der Waals surface area contributed by atoms with Crippen molar-refractivity contribution in [3.8, 4) is 0 Å². The molecule has 27 heavy (non-hydrogen) atoms. The Kier molecular flexibility index (Phi) is 6.28. The number of aliphatic imine (C=N–C) groups is 1. The van der Waals surface area contributed by atoms with Crippen LogP contribution in [0.1, 0.15) is 39.2 Å². The van der Waals surface area contributed by atoms with E-state index in [2.05, 4.69) is 28.5 Å². The molecule has 2 aliphatic rings. The minimum Gasteiger partial charge on any atom is -0.303 e. The van der Waals surface area contributed by atoms with Crippen LogP contribution in [-0.2, 0) is 10.0 Å². The molecule has 2 aliphatic heterocycles. The molecule has 1 fully saturated rings. The van der Waals surface area contributed by atoms with Crippen LogP contribution in [-0.4, -0.2) is 45.3 Å². The van der Waals surface area contributed by atoms with E-state index >= 15 is 0 Å². The lowest BCUT2D eigenvalue weighted by atomic mass is 9.92. The van der Waals surface area contributed by atoms with Crippen LogP contribution in [0.2, 0.25) is 5.02 Å². The van der Waals surface area contributed by atoms with Gasteiger partial charge in [-0.25, -0.2) is 8.42 Å². The molecule has 148 valence electrons. The first-order valence-corrected chi connectivity index (χ1v) is 11.4. The number of nitrogens with zero attached hydrogens (tertiary/aromatic N) is 2. The molecular formula is C20H28ClN3O2S. The summed E-state index contributed by atoms with van der Waals surface area (Å²) >= 11 is 6.02. The summed E-state index contributed by atoms with van der Waals surface area (Å²) in [5.41, 5.74) is 1.24. The second-order valence-electron chi connectivity index (χ2n) is 7.86. The molecule has 2 unspecified atom stereocenters. The Labute approximate surface area is 167 Å². The van der Waals surface area contributed by atoms with E-state index in [1.807, 2.05) is 0 Å². The number of piperidine rings is 1. The van der Waals surface area contributed by atoms with Gasteiger partial charge < -0.3 is 4.90 Å². The van der Waals surface area contributed by atoms with Crippen molar-refractivity contribution in [2.45, 2.75) is 33.6 Å². The van der Waals surface area contributed by atoms with E-state index in [1.165, 1.54) is 6.42 Å². The third kappa shape index (κ3) is 4.92. The van der Waals surface area contributed by atoms with Gasteiger partial charge >= 0.3 is 0 Å². The van der Waals surface area contributed by atoms with E-state index in [-0.39, 0.29) is 4.91 Å². The normalized spacial score (nSPS) is 27.2. The van der Waals surface area contributed by atoms with Crippen LogP contribution in [0.4, 0.5) is 0 Å². The number of halogens is 1. The van der Waals surface area contributed by atoms with Gasteiger partial charge in [0.1, 0.15) is 10.7 Å². The quantitative estimate of drug-likeness (QED) is 0.753. The monoisotopic (exact) mass is 409 g/mol. The summed E-state index contributed by atoms with van der Waals surface area (Å²) in [6.45, 7) is 10.3. The molecule has 3 rings (SSSR count). The summed E-state index contributed by atoms with van der Waals surface area (Å²) in [5.74, 6) is 1.93. The Bertz CT molecular complexity index is 854. The molecule has 2 heterocycles. The highest BCUT2D eigenvalue weighted by Crippen LogP contribution is 2.31. The van der Waals surface area contributed by atoms with E-state index in [1.54, 1.807) is 31.2 Å². The zero-order chi connectivity index (χ0) is 19.6. The Balaban J connectivity index is 1.66. The highest BCUT2D eigenvalue weighted by molar-refractivity contribution is 8.00. The Morgan fingerprint density at radius 2 is 1.96 bits per heavy atom. The molecule has 1 saturated heterocycles. The molecule has 0 amide bonds. The Morgan fingerprint density at radius 1 is 1.26 bits per heavy atom. The summed E-state index contributed by atoms with van der Waals surface area (Å²) in [4.78, 5) is 7.29. The third-order valence-electron chi connectivity index (χ3n) is 5.13. The van der Waals surface area contributed by atoms with Gasteiger partial charge in [0, 0.05) is 30.2 Å². The van der Waals surface area contributed by atoms with Gasteiger partial charge in [-0.3, -0.25) is 9.71 Å². The van der Waals surface area contributed by atoms with Gasteiger partial charge in [0.05, 0.1) is 0 Å². The smallest absolute Gasteiger partial charge is 0.264 e. The zero-order valence-corrected chi connectivity index (χ0v) is 17.8.